The average Bonchev–Trinajstić information content (AvgIpc) is 2.30. The second kappa shape index (κ2) is 10.7. The van der Waals surface area contributed by atoms with Crippen LogP contribution in [-0.2, 0) is 0 Å². The number of rotatable bonds is 2. The Morgan fingerprint density at radius 3 is 1.94 bits per heavy atom. The first-order chi connectivity index (χ1) is 6.90. The third-order valence-corrected chi connectivity index (χ3v) is 3.67. The molecule has 3 nitrogen and oxygen atoms in total. The van der Waals surface area contributed by atoms with Crippen molar-refractivity contribution in [3.63, 3.8) is 0 Å². The normalized spacial score (nSPS) is 23.1. The number of likely N-dealkylation sites (tertiary alicyclic amines) is 1. The van der Waals surface area contributed by atoms with Crippen LogP contribution in [-0.4, -0.2) is 61.7 Å². The maximum atomic E-state index is 3.42. The summed E-state index contributed by atoms with van der Waals surface area (Å²) in [5, 5.41) is 3.42. The van der Waals surface area contributed by atoms with E-state index in [-0.39, 0.29) is 37.2 Å². The maximum absolute atomic E-state index is 3.42. The lowest BCUT2D eigenvalue weighted by Crippen LogP contribution is -2.51. The summed E-state index contributed by atoms with van der Waals surface area (Å²) in [4.78, 5) is 5.25. The molecule has 0 aromatic rings. The first kappa shape index (κ1) is 20.1. The van der Waals surface area contributed by atoms with Gasteiger partial charge in [-0.1, -0.05) is 6.92 Å². The van der Waals surface area contributed by atoms with Gasteiger partial charge in [-0.25, -0.2) is 0 Å². The van der Waals surface area contributed by atoms with Crippen LogP contribution in [0.25, 0.3) is 0 Å². The molecule has 0 radical (unpaired) electrons. The van der Waals surface area contributed by atoms with E-state index < -0.39 is 0 Å². The Morgan fingerprint density at radius 1 is 0.941 bits per heavy atom. The van der Waals surface area contributed by atoms with Crippen molar-refractivity contribution < 1.29 is 0 Å². The summed E-state index contributed by atoms with van der Waals surface area (Å²) < 4.78 is 0. The third kappa shape index (κ3) is 5.95. The van der Waals surface area contributed by atoms with Crippen molar-refractivity contribution in [3.8, 4) is 0 Å². The summed E-state index contributed by atoms with van der Waals surface area (Å²) in [6.07, 6.45) is 2.77. The summed E-state index contributed by atoms with van der Waals surface area (Å²) in [6, 6.07) is 0.875. The van der Waals surface area contributed by atoms with Gasteiger partial charge in [0.2, 0.25) is 0 Å². The molecule has 0 aliphatic carbocycles. The van der Waals surface area contributed by atoms with E-state index in [4.69, 9.17) is 0 Å². The van der Waals surface area contributed by atoms with Crippen molar-refractivity contribution in [2.75, 3.05) is 45.8 Å². The highest BCUT2D eigenvalue weighted by molar-refractivity contribution is 5.86. The Kier molecular flexibility index (Phi) is 12.6. The molecule has 0 bridgehead atoms. The van der Waals surface area contributed by atoms with Gasteiger partial charge in [-0.05, 0) is 32.5 Å². The van der Waals surface area contributed by atoms with Gasteiger partial charge in [0, 0.05) is 32.2 Å². The molecule has 106 valence electrons. The second-order valence-electron chi connectivity index (χ2n) is 4.45. The van der Waals surface area contributed by atoms with Crippen LogP contribution in [0.2, 0.25) is 0 Å². The highest BCUT2D eigenvalue weighted by Gasteiger charge is 2.24. The van der Waals surface area contributed by atoms with E-state index >= 15 is 0 Å². The fourth-order valence-electron chi connectivity index (χ4n) is 2.65. The van der Waals surface area contributed by atoms with Crippen LogP contribution in [0.15, 0.2) is 0 Å². The van der Waals surface area contributed by atoms with Crippen LogP contribution in [0.1, 0.15) is 19.8 Å². The van der Waals surface area contributed by atoms with E-state index in [1.807, 2.05) is 0 Å². The van der Waals surface area contributed by atoms with Gasteiger partial charge in [0.05, 0.1) is 0 Å². The van der Waals surface area contributed by atoms with Gasteiger partial charge in [0.25, 0.3) is 0 Å². The zero-order chi connectivity index (χ0) is 9.80. The van der Waals surface area contributed by atoms with E-state index in [9.17, 15) is 0 Å². The van der Waals surface area contributed by atoms with Crippen LogP contribution in [0, 0.1) is 0 Å². The molecule has 0 saturated carbocycles. The highest BCUT2D eigenvalue weighted by atomic mass is 35.5. The van der Waals surface area contributed by atoms with E-state index in [0.29, 0.717) is 0 Å². The monoisotopic (exact) mass is 305 g/mol. The van der Waals surface area contributed by atoms with Crippen LogP contribution in [0.3, 0.4) is 0 Å². The molecule has 2 fully saturated rings. The van der Waals surface area contributed by atoms with Crippen molar-refractivity contribution in [2.24, 2.45) is 0 Å². The molecule has 17 heavy (non-hydrogen) atoms. The van der Waals surface area contributed by atoms with Crippen LogP contribution < -0.4 is 5.32 Å². The molecule has 0 aromatic heterocycles. The SMILES string of the molecule is CCN1CCC(N2CCNCC2)CC1.Cl.Cl.Cl. The standard InChI is InChI=1S/C11H23N3.3ClH/c1-2-13-7-3-11(4-8-13)14-9-5-12-6-10-14;;;/h11-12H,2-10H2,1H3;3*1H. The molecule has 0 aromatic carbocycles. The summed E-state index contributed by atoms with van der Waals surface area (Å²) >= 11 is 0. The van der Waals surface area contributed by atoms with Crippen molar-refractivity contribution in [2.45, 2.75) is 25.8 Å². The van der Waals surface area contributed by atoms with Gasteiger partial charge in [-0.2, -0.15) is 0 Å². The lowest BCUT2D eigenvalue weighted by molar-refractivity contribution is 0.100. The van der Waals surface area contributed by atoms with E-state index in [2.05, 4.69) is 22.0 Å². The highest BCUT2D eigenvalue weighted by Crippen LogP contribution is 2.16. The van der Waals surface area contributed by atoms with E-state index in [1.54, 1.807) is 0 Å². The van der Waals surface area contributed by atoms with Crippen molar-refractivity contribution in [3.05, 3.63) is 0 Å². The van der Waals surface area contributed by atoms with Gasteiger partial charge in [-0.15, -0.1) is 37.2 Å². The summed E-state index contributed by atoms with van der Waals surface area (Å²) in [6.45, 7) is 11.0. The van der Waals surface area contributed by atoms with Crippen LogP contribution >= 0.6 is 37.2 Å². The van der Waals surface area contributed by atoms with Crippen molar-refractivity contribution >= 4 is 37.2 Å². The lowest BCUT2D eigenvalue weighted by atomic mass is 10.0. The van der Waals surface area contributed by atoms with Gasteiger partial charge >= 0.3 is 0 Å². The average molecular weight is 307 g/mol. The molecule has 0 atom stereocenters. The van der Waals surface area contributed by atoms with E-state index in [1.165, 1.54) is 58.7 Å². The predicted octanol–water partition coefficient (Wildman–Crippen LogP) is 1.64. The molecule has 0 amide bonds. The predicted molar refractivity (Wildman–Crippen MR) is 81.3 cm³/mol. The fourth-order valence-corrected chi connectivity index (χ4v) is 2.65. The van der Waals surface area contributed by atoms with Crippen molar-refractivity contribution in [1.82, 2.24) is 15.1 Å². The Hall–Kier alpha value is 0.750. The smallest absolute Gasteiger partial charge is 0.0121 e. The zero-order valence-electron chi connectivity index (χ0n) is 10.6. The molecule has 0 unspecified atom stereocenters. The Bertz CT molecular complexity index is 169. The Morgan fingerprint density at radius 2 is 1.47 bits per heavy atom. The van der Waals surface area contributed by atoms with Gasteiger partial charge in [-0.3, -0.25) is 4.90 Å². The van der Waals surface area contributed by atoms with Crippen molar-refractivity contribution in [1.29, 1.82) is 0 Å². The molecular formula is C11H26Cl3N3. The number of hydrogen-bond donors (Lipinski definition) is 1. The summed E-state index contributed by atoms with van der Waals surface area (Å²) in [5.74, 6) is 0. The number of hydrogen-bond acceptors (Lipinski definition) is 3. The molecule has 2 aliphatic heterocycles. The minimum atomic E-state index is 0. The lowest BCUT2D eigenvalue weighted by Gasteiger charge is -2.40. The minimum Gasteiger partial charge on any atom is -0.314 e. The third-order valence-electron chi connectivity index (χ3n) is 3.67. The zero-order valence-corrected chi connectivity index (χ0v) is 13.0. The van der Waals surface area contributed by atoms with Crippen LogP contribution in [0.4, 0.5) is 0 Å². The molecule has 2 saturated heterocycles. The number of nitrogens with zero attached hydrogens (tertiary/aromatic N) is 2. The summed E-state index contributed by atoms with van der Waals surface area (Å²) in [7, 11) is 0. The van der Waals surface area contributed by atoms with E-state index in [0.717, 1.165) is 6.04 Å². The molecular weight excluding hydrogens is 281 g/mol. The number of halogens is 3. The quantitative estimate of drug-likeness (QED) is 0.837. The van der Waals surface area contributed by atoms with Crippen LogP contribution in [0.5, 0.6) is 0 Å². The molecule has 6 heteroatoms. The minimum absolute atomic E-state index is 0. The Labute approximate surface area is 124 Å². The summed E-state index contributed by atoms with van der Waals surface area (Å²) in [5.41, 5.74) is 0. The first-order valence-electron chi connectivity index (χ1n) is 6.07. The Balaban J connectivity index is 0. The molecule has 1 N–H and O–H groups in total. The molecule has 2 rings (SSSR count). The number of piperidine rings is 1. The molecule has 2 aliphatic rings. The van der Waals surface area contributed by atoms with Gasteiger partial charge in [0.1, 0.15) is 0 Å². The second-order valence-corrected chi connectivity index (χ2v) is 4.45. The fraction of sp³-hybridized carbons (Fsp3) is 1.00. The first-order valence-corrected chi connectivity index (χ1v) is 6.07. The van der Waals surface area contributed by atoms with Gasteiger partial charge < -0.3 is 10.2 Å². The largest absolute Gasteiger partial charge is 0.314 e. The van der Waals surface area contributed by atoms with Gasteiger partial charge in [0.15, 0.2) is 0 Å². The number of piperazine rings is 1. The molecule has 0 spiro atoms. The molecule has 2 heterocycles. The maximum Gasteiger partial charge on any atom is 0.0121 e. The number of nitrogens with one attached hydrogen (secondary N) is 1. The topological polar surface area (TPSA) is 18.5 Å².